The molecule has 49 heavy (non-hydrogen) atoms. The van der Waals surface area contributed by atoms with Crippen LogP contribution < -0.4 is 0 Å². The van der Waals surface area contributed by atoms with Crippen molar-refractivity contribution < 1.29 is 57.2 Å². The molecular weight excluding hydrogens is 644 g/mol. The number of carbonyl (C=O) groups is 6. The molecule has 2 aliphatic rings. The standard InChI is InChI=1S/C33H50N4O12/c1-44-28(38)14-11-25(31(41)47-4)35-17-19-36(26(32(42)48-5)12-15-29(39)45-2)21-23-9-7-8-10-24(34-23)22-37(20-18-35)27(33(43)49-6)13-16-30(40)46-3/h7,9-10,25-27H,8,11-22H2,1-6H3. The van der Waals surface area contributed by atoms with Gasteiger partial charge < -0.3 is 28.4 Å². The van der Waals surface area contributed by atoms with Crippen LogP contribution in [0.1, 0.15) is 44.9 Å². The van der Waals surface area contributed by atoms with Gasteiger partial charge in [-0.15, -0.1) is 0 Å². The molecule has 0 saturated heterocycles. The van der Waals surface area contributed by atoms with E-state index in [1.54, 1.807) is 0 Å². The Hall–Kier alpha value is -4.15. The molecule has 0 fully saturated rings. The molecule has 0 aromatic heterocycles. The highest BCUT2D eigenvalue weighted by molar-refractivity contribution is 5.98. The second-order valence-corrected chi connectivity index (χ2v) is 11.4. The van der Waals surface area contributed by atoms with E-state index >= 15 is 0 Å². The first-order valence-electron chi connectivity index (χ1n) is 16.1. The van der Waals surface area contributed by atoms with Gasteiger partial charge in [0.25, 0.3) is 0 Å². The van der Waals surface area contributed by atoms with E-state index in [1.807, 2.05) is 32.9 Å². The fraction of sp³-hybridized carbons (Fsp3) is 0.667. The Morgan fingerprint density at radius 2 is 0.980 bits per heavy atom. The second-order valence-electron chi connectivity index (χ2n) is 11.4. The number of esters is 6. The van der Waals surface area contributed by atoms with Crippen molar-refractivity contribution in [1.29, 1.82) is 0 Å². The lowest BCUT2D eigenvalue weighted by molar-refractivity contribution is -0.151. The molecule has 2 bridgehead atoms. The number of carbonyl (C=O) groups excluding carboxylic acids is 6. The van der Waals surface area contributed by atoms with Crippen LogP contribution in [0.5, 0.6) is 0 Å². The monoisotopic (exact) mass is 694 g/mol. The lowest BCUT2D eigenvalue weighted by Gasteiger charge is -2.37. The van der Waals surface area contributed by atoms with Gasteiger partial charge >= 0.3 is 35.8 Å². The summed E-state index contributed by atoms with van der Waals surface area (Å²) in [6.07, 6.45) is 6.40. The minimum Gasteiger partial charge on any atom is -0.469 e. The largest absolute Gasteiger partial charge is 0.469 e. The summed E-state index contributed by atoms with van der Waals surface area (Å²) in [7, 11) is 7.60. The molecule has 0 amide bonds. The number of nitrogens with zero attached hydrogens (tertiary/aromatic N) is 4. The van der Waals surface area contributed by atoms with Crippen molar-refractivity contribution in [3.8, 4) is 0 Å². The summed E-state index contributed by atoms with van der Waals surface area (Å²) < 4.78 is 29.9. The number of rotatable bonds is 15. The maximum atomic E-state index is 13.2. The fourth-order valence-corrected chi connectivity index (χ4v) is 5.73. The summed E-state index contributed by atoms with van der Waals surface area (Å²) in [4.78, 5) is 86.3. The zero-order valence-electron chi connectivity index (χ0n) is 29.3. The van der Waals surface area contributed by atoms with Crippen LogP contribution in [0.3, 0.4) is 0 Å². The van der Waals surface area contributed by atoms with Gasteiger partial charge in [0, 0.05) is 58.5 Å². The fourth-order valence-electron chi connectivity index (χ4n) is 5.73. The third-order valence-corrected chi connectivity index (χ3v) is 8.46. The van der Waals surface area contributed by atoms with E-state index in [4.69, 9.17) is 33.4 Å². The molecule has 2 heterocycles. The lowest BCUT2D eigenvalue weighted by Crippen LogP contribution is -2.53. The van der Waals surface area contributed by atoms with Gasteiger partial charge in [0.05, 0.1) is 54.1 Å². The van der Waals surface area contributed by atoms with E-state index in [2.05, 4.69) is 0 Å². The number of aliphatic imine (C=N–C) groups is 1. The molecule has 0 saturated carbocycles. The number of fused-ring (bicyclic) bond motifs is 1. The van der Waals surface area contributed by atoms with Gasteiger partial charge in [-0.25, -0.2) is 0 Å². The molecule has 3 unspecified atom stereocenters. The van der Waals surface area contributed by atoms with Crippen LogP contribution >= 0.6 is 0 Å². The molecule has 0 spiro atoms. The van der Waals surface area contributed by atoms with Gasteiger partial charge in [0.2, 0.25) is 0 Å². The van der Waals surface area contributed by atoms with Gasteiger partial charge in [-0.1, -0.05) is 12.2 Å². The average molecular weight is 695 g/mol. The van der Waals surface area contributed by atoms with Gasteiger partial charge in [-0.3, -0.25) is 48.5 Å². The molecule has 0 aliphatic carbocycles. The molecule has 0 aromatic carbocycles. The van der Waals surface area contributed by atoms with Crippen LogP contribution in [-0.2, 0) is 57.2 Å². The highest BCUT2D eigenvalue weighted by Crippen LogP contribution is 2.20. The van der Waals surface area contributed by atoms with Crippen molar-refractivity contribution in [2.75, 3.05) is 81.9 Å². The minimum atomic E-state index is -0.896. The maximum absolute atomic E-state index is 13.2. The lowest BCUT2D eigenvalue weighted by atomic mass is 10.1. The predicted molar refractivity (Wildman–Crippen MR) is 175 cm³/mol. The third-order valence-electron chi connectivity index (χ3n) is 8.46. The Kier molecular flexibility index (Phi) is 18.2. The number of allylic oxidation sites excluding steroid dienone is 2. The van der Waals surface area contributed by atoms with Gasteiger partial charge in [0.15, 0.2) is 0 Å². The number of ether oxygens (including phenoxy) is 6. The van der Waals surface area contributed by atoms with E-state index in [0.29, 0.717) is 17.8 Å². The van der Waals surface area contributed by atoms with Crippen molar-refractivity contribution in [3.05, 3.63) is 23.9 Å². The molecule has 274 valence electrons. The maximum Gasteiger partial charge on any atom is 0.323 e. The summed E-state index contributed by atoms with van der Waals surface area (Å²) in [6, 6.07) is -2.60. The van der Waals surface area contributed by atoms with E-state index in [9.17, 15) is 28.8 Å². The first-order chi connectivity index (χ1) is 23.5. The quantitative estimate of drug-likeness (QED) is 0.172. The normalized spacial score (nSPS) is 18.1. The molecular formula is C33H50N4O12. The van der Waals surface area contributed by atoms with Crippen LogP contribution in [0.25, 0.3) is 0 Å². The van der Waals surface area contributed by atoms with Crippen molar-refractivity contribution >= 4 is 41.5 Å². The molecule has 0 radical (unpaired) electrons. The first kappa shape index (κ1) is 41.0. The number of hydrogen-bond acceptors (Lipinski definition) is 16. The Bertz CT molecular complexity index is 1250. The smallest absolute Gasteiger partial charge is 0.323 e. The Morgan fingerprint density at radius 1 is 0.592 bits per heavy atom. The van der Waals surface area contributed by atoms with Crippen molar-refractivity contribution in [1.82, 2.24) is 14.7 Å². The Balaban J connectivity index is 2.66. The zero-order chi connectivity index (χ0) is 36.3. The first-order valence-corrected chi connectivity index (χ1v) is 16.1. The number of hydrogen-bond donors (Lipinski definition) is 0. The second kappa shape index (κ2) is 21.7. The highest BCUT2D eigenvalue weighted by Gasteiger charge is 2.35. The van der Waals surface area contributed by atoms with Crippen LogP contribution in [0.15, 0.2) is 28.9 Å². The van der Waals surface area contributed by atoms with E-state index in [-0.39, 0.29) is 77.8 Å². The van der Waals surface area contributed by atoms with Crippen LogP contribution in [0.4, 0.5) is 0 Å². The molecule has 2 aliphatic heterocycles. The molecule has 2 rings (SSSR count). The van der Waals surface area contributed by atoms with Crippen molar-refractivity contribution in [3.63, 3.8) is 0 Å². The average Bonchev–Trinajstić information content (AvgIpc) is 3.34. The van der Waals surface area contributed by atoms with E-state index < -0.39 is 53.9 Å². The summed E-state index contributed by atoms with van der Waals surface area (Å²) in [5.41, 5.74) is 1.25. The minimum absolute atomic E-state index is 0.0367. The number of methoxy groups -OCH3 is 6. The summed E-state index contributed by atoms with van der Waals surface area (Å²) >= 11 is 0. The Labute approximate surface area is 287 Å². The molecule has 16 heteroatoms. The molecule has 3 atom stereocenters. The SMILES string of the molecule is COC(=O)CCC(C(=O)OC)N1CCN(C(CCC(=O)OC)C(=O)OC)CC2=CCC=CC(=N2)CN(C(CCC(=O)OC)C(=O)OC)CC1. The molecule has 16 nitrogen and oxygen atoms in total. The van der Waals surface area contributed by atoms with Crippen molar-refractivity contribution in [2.24, 2.45) is 4.99 Å². The van der Waals surface area contributed by atoms with Crippen molar-refractivity contribution in [2.45, 2.75) is 63.1 Å². The van der Waals surface area contributed by atoms with Crippen LogP contribution in [-0.4, -0.2) is 156 Å². The summed E-state index contributed by atoms with van der Waals surface area (Å²) in [5.74, 6) is -3.15. The highest BCUT2D eigenvalue weighted by atomic mass is 16.5. The molecule has 0 aromatic rings. The summed E-state index contributed by atoms with van der Waals surface area (Å²) in [5, 5.41) is 0. The Morgan fingerprint density at radius 3 is 1.39 bits per heavy atom. The van der Waals surface area contributed by atoms with Crippen LogP contribution in [0.2, 0.25) is 0 Å². The third kappa shape index (κ3) is 13.3. The van der Waals surface area contributed by atoms with Gasteiger partial charge in [0.1, 0.15) is 18.1 Å². The molecule has 0 N–H and O–H groups in total. The summed E-state index contributed by atoms with van der Waals surface area (Å²) in [6.45, 7) is 1.19. The van der Waals surface area contributed by atoms with E-state index in [0.717, 1.165) is 0 Å². The van der Waals surface area contributed by atoms with E-state index in [1.165, 1.54) is 42.7 Å². The topological polar surface area (TPSA) is 180 Å². The van der Waals surface area contributed by atoms with Crippen LogP contribution in [0, 0.1) is 0 Å². The van der Waals surface area contributed by atoms with Gasteiger partial charge in [-0.05, 0) is 31.8 Å². The zero-order valence-corrected chi connectivity index (χ0v) is 29.3. The predicted octanol–water partition coefficient (Wildman–Crippen LogP) is 0.675. The van der Waals surface area contributed by atoms with Gasteiger partial charge in [-0.2, -0.15) is 0 Å².